The number of phosphoric acid groups is 1. The van der Waals surface area contributed by atoms with Gasteiger partial charge in [-0.15, -0.1) is 0 Å². The molecule has 0 bridgehead atoms. The Morgan fingerprint density at radius 2 is 1.06 bits per heavy atom. The highest BCUT2D eigenvalue weighted by Gasteiger charge is 2.23. The van der Waals surface area contributed by atoms with Gasteiger partial charge in [-0.05, 0) is 57.8 Å². The SMILES string of the molecule is CCCCCCCC/C=C\CCCCCCCCCC(=O)OC[C@H](COP(=O)(O)O)OC(=O)CCC[C@H](O)/C=C/C=C\C/C=C\C=C\[C@H](O)CCCCC. The van der Waals surface area contributed by atoms with Gasteiger partial charge in [0.05, 0.1) is 18.8 Å². The zero-order valence-corrected chi connectivity index (χ0v) is 34.5. The Morgan fingerprint density at radius 1 is 0.574 bits per heavy atom. The number of phosphoric ester groups is 1. The molecule has 0 saturated heterocycles. The van der Waals surface area contributed by atoms with Crippen LogP contribution in [0.3, 0.4) is 0 Å². The van der Waals surface area contributed by atoms with Gasteiger partial charge in [0, 0.05) is 12.8 Å². The molecule has 10 nitrogen and oxygen atoms in total. The van der Waals surface area contributed by atoms with Gasteiger partial charge in [0.1, 0.15) is 6.61 Å². The Labute approximate surface area is 327 Å². The van der Waals surface area contributed by atoms with Crippen molar-refractivity contribution >= 4 is 19.8 Å². The maximum absolute atomic E-state index is 12.4. The van der Waals surface area contributed by atoms with Crippen molar-refractivity contribution in [2.24, 2.45) is 0 Å². The van der Waals surface area contributed by atoms with Gasteiger partial charge >= 0.3 is 19.8 Å². The average Bonchev–Trinajstić information content (AvgIpc) is 3.13. The lowest BCUT2D eigenvalue weighted by Crippen LogP contribution is -2.29. The van der Waals surface area contributed by atoms with Gasteiger partial charge in [0.25, 0.3) is 0 Å². The van der Waals surface area contributed by atoms with Crippen molar-refractivity contribution in [3.05, 3.63) is 60.8 Å². The van der Waals surface area contributed by atoms with Crippen LogP contribution in [0.5, 0.6) is 0 Å². The lowest BCUT2D eigenvalue weighted by Gasteiger charge is -2.18. The van der Waals surface area contributed by atoms with Crippen molar-refractivity contribution in [2.75, 3.05) is 13.2 Å². The normalized spacial score (nSPS) is 14.3. The summed E-state index contributed by atoms with van der Waals surface area (Å²) >= 11 is 0. The molecule has 312 valence electrons. The number of hydrogen-bond acceptors (Lipinski definition) is 8. The number of hydrogen-bond donors (Lipinski definition) is 4. The second-order valence-electron chi connectivity index (χ2n) is 14.0. The van der Waals surface area contributed by atoms with Crippen LogP contribution < -0.4 is 0 Å². The van der Waals surface area contributed by atoms with Crippen molar-refractivity contribution < 1.29 is 48.2 Å². The highest BCUT2D eigenvalue weighted by atomic mass is 31.2. The maximum Gasteiger partial charge on any atom is 0.469 e. The van der Waals surface area contributed by atoms with Crippen LogP contribution in [0.25, 0.3) is 0 Å². The molecule has 0 unspecified atom stereocenters. The molecule has 0 aliphatic rings. The van der Waals surface area contributed by atoms with E-state index in [1.165, 1.54) is 64.2 Å². The molecule has 4 N–H and O–H groups in total. The monoisotopic (exact) mass is 783 g/mol. The van der Waals surface area contributed by atoms with Crippen molar-refractivity contribution in [3.63, 3.8) is 0 Å². The summed E-state index contributed by atoms with van der Waals surface area (Å²) in [5, 5.41) is 20.1. The first-order valence-electron chi connectivity index (χ1n) is 20.8. The van der Waals surface area contributed by atoms with Crippen LogP contribution in [0.1, 0.15) is 168 Å². The highest BCUT2D eigenvalue weighted by molar-refractivity contribution is 7.46. The first kappa shape index (κ1) is 51.7. The molecular weight excluding hydrogens is 707 g/mol. The Bertz CT molecular complexity index is 1090. The molecule has 0 aromatic carbocycles. The summed E-state index contributed by atoms with van der Waals surface area (Å²) in [4.78, 5) is 42.8. The molecule has 0 aromatic rings. The summed E-state index contributed by atoms with van der Waals surface area (Å²) in [6, 6.07) is 0. The minimum absolute atomic E-state index is 0.0390. The fraction of sp³-hybridized carbons (Fsp3) is 0.721. The van der Waals surface area contributed by atoms with E-state index in [-0.39, 0.29) is 19.4 Å². The summed E-state index contributed by atoms with van der Waals surface area (Å²) in [6.07, 6.45) is 40.1. The molecule has 0 fully saturated rings. The third-order valence-electron chi connectivity index (χ3n) is 8.72. The number of aliphatic hydroxyl groups is 2. The van der Waals surface area contributed by atoms with Crippen molar-refractivity contribution in [1.82, 2.24) is 0 Å². The largest absolute Gasteiger partial charge is 0.469 e. The molecule has 0 spiro atoms. The number of esters is 2. The molecule has 0 aliphatic heterocycles. The quantitative estimate of drug-likeness (QED) is 0.0157. The molecule has 0 aromatic heterocycles. The van der Waals surface area contributed by atoms with Crippen molar-refractivity contribution in [1.29, 1.82) is 0 Å². The zero-order chi connectivity index (χ0) is 40.0. The summed E-state index contributed by atoms with van der Waals surface area (Å²) in [7, 11) is -4.82. The number of carbonyl (C=O) groups excluding carboxylic acids is 2. The van der Waals surface area contributed by atoms with Gasteiger partial charge in [0.15, 0.2) is 6.10 Å². The third kappa shape index (κ3) is 39.4. The second kappa shape index (κ2) is 37.6. The molecule has 0 saturated carbocycles. The minimum atomic E-state index is -4.82. The maximum atomic E-state index is 12.4. The molecule has 3 atom stereocenters. The molecule has 54 heavy (non-hydrogen) atoms. The van der Waals surface area contributed by atoms with Crippen LogP contribution in [0.2, 0.25) is 0 Å². The molecule has 0 rings (SSSR count). The predicted molar refractivity (Wildman–Crippen MR) is 219 cm³/mol. The van der Waals surface area contributed by atoms with Gasteiger partial charge in [0.2, 0.25) is 0 Å². The molecule has 0 aliphatic carbocycles. The number of carbonyl (C=O) groups is 2. The zero-order valence-electron chi connectivity index (χ0n) is 33.6. The molecule has 0 amide bonds. The summed E-state index contributed by atoms with van der Waals surface area (Å²) in [6.45, 7) is 3.38. The Hall–Kier alpha value is -2.33. The molecule has 0 radical (unpaired) electrons. The fourth-order valence-electron chi connectivity index (χ4n) is 5.52. The van der Waals surface area contributed by atoms with E-state index < -0.39 is 44.7 Å². The summed E-state index contributed by atoms with van der Waals surface area (Å²) < 4.78 is 26.2. The smallest absolute Gasteiger partial charge is 0.462 e. The number of aliphatic hydroxyl groups excluding tert-OH is 2. The number of ether oxygens (including phenoxy) is 2. The van der Waals surface area contributed by atoms with Crippen molar-refractivity contribution in [3.8, 4) is 0 Å². The van der Waals surface area contributed by atoms with E-state index in [1.54, 1.807) is 18.2 Å². The number of unbranched alkanes of at least 4 members (excludes halogenated alkanes) is 15. The van der Waals surface area contributed by atoms with Crippen LogP contribution in [0.4, 0.5) is 0 Å². The first-order valence-corrected chi connectivity index (χ1v) is 22.3. The van der Waals surface area contributed by atoms with Gasteiger partial charge in [-0.1, -0.05) is 158 Å². The van der Waals surface area contributed by atoms with Crippen LogP contribution in [-0.2, 0) is 28.2 Å². The van der Waals surface area contributed by atoms with E-state index in [2.05, 4.69) is 30.5 Å². The van der Waals surface area contributed by atoms with Crippen LogP contribution >= 0.6 is 7.82 Å². The lowest BCUT2D eigenvalue weighted by atomic mass is 10.1. The van der Waals surface area contributed by atoms with Crippen LogP contribution in [0.15, 0.2) is 60.8 Å². The third-order valence-corrected chi connectivity index (χ3v) is 9.20. The Balaban J connectivity index is 4.18. The second-order valence-corrected chi connectivity index (χ2v) is 15.2. The first-order chi connectivity index (χ1) is 26.1. The van der Waals surface area contributed by atoms with E-state index in [0.717, 1.165) is 51.4 Å². The van der Waals surface area contributed by atoms with Gasteiger partial charge in [-0.2, -0.15) is 0 Å². The molecule has 11 heteroatoms. The van der Waals surface area contributed by atoms with Crippen LogP contribution in [-0.4, -0.2) is 63.5 Å². The predicted octanol–water partition coefficient (Wildman–Crippen LogP) is 10.5. The lowest BCUT2D eigenvalue weighted by molar-refractivity contribution is -0.161. The number of allylic oxidation sites excluding steroid dienone is 8. The molecule has 0 heterocycles. The van der Waals surface area contributed by atoms with E-state index >= 15 is 0 Å². The Morgan fingerprint density at radius 3 is 1.61 bits per heavy atom. The van der Waals surface area contributed by atoms with Gasteiger partial charge in [-0.25, -0.2) is 4.57 Å². The summed E-state index contributed by atoms with van der Waals surface area (Å²) in [5.41, 5.74) is 0. The van der Waals surface area contributed by atoms with Crippen molar-refractivity contribution in [2.45, 2.75) is 186 Å². The van der Waals surface area contributed by atoms with E-state index in [1.807, 2.05) is 30.4 Å². The minimum Gasteiger partial charge on any atom is -0.462 e. The van der Waals surface area contributed by atoms with E-state index in [9.17, 15) is 24.4 Å². The fourth-order valence-corrected chi connectivity index (χ4v) is 5.88. The number of rotatable bonds is 37. The molecular formula is C43H75O10P. The van der Waals surface area contributed by atoms with E-state index in [4.69, 9.17) is 19.3 Å². The standard InChI is InChI=1S/C43H75O10P/c1-3-5-7-8-9-10-11-12-13-14-15-16-17-18-22-25-29-35-42(46)51-37-41(38-52-54(48,49)50)53-43(47)36-30-34-40(45)33-28-24-21-19-20-23-27-32-39(44)31-26-6-4-2/h12-13,20-21,23-24,27-28,32-33,39-41,44-45H,3-11,14-19,22,25-26,29-31,34-38H2,1-2H3,(H2,48,49,50)/b13-12-,23-20-,24-21-,32-27+,33-28+/t39-,40-,41-/m1/s1. The highest BCUT2D eigenvalue weighted by Crippen LogP contribution is 2.36. The van der Waals surface area contributed by atoms with Gasteiger partial charge < -0.3 is 29.5 Å². The van der Waals surface area contributed by atoms with Crippen LogP contribution in [0, 0.1) is 0 Å². The van der Waals surface area contributed by atoms with E-state index in [0.29, 0.717) is 25.7 Å². The van der Waals surface area contributed by atoms with Gasteiger partial charge in [-0.3, -0.25) is 14.1 Å². The average molecular weight is 783 g/mol. The Kier molecular flexibility index (Phi) is 36.0. The summed E-state index contributed by atoms with van der Waals surface area (Å²) in [5.74, 6) is -1.12. The topological polar surface area (TPSA) is 160 Å².